The summed E-state index contributed by atoms with van der Waals surface area (Å²) in [6.45, 7) is 9.84. The van der Waals surface area contributed by atoms with Gasteiger partial charge in [-0.05, 0) is 57.6 Å². The third-order valence-corrected chi connectivity index (χ3v) is 5.42. The van der Waals surface area contributed by atoms with E-state index >= 15 is 0 Å². The lowest BCUT2D eigenvalue weighted by molar-refractivity contribution is 0.0660. The van der Waals surface area contributed by atoms with Crippen molar-refractivity contribution in [3.8, 4) is 0 Å². The summed E-state index contributed by atoms with van der Waals surface area (Å²) in [4.78, 5) is 17.5. The largest absolute Gasteiger partial charge is 0.378 e. The van der Waals surface area contributed by atoms with Gasteiger partial charge in [-0.15, -0.1) is 0 Å². The van der Waals surface area contributed by atoms with E-state index in [0.717, 1.165) is 44.7 Å². The number of nitrogens with zero attached hydrogens (tertiary/aromatic N) is 2. The second kappa shape index (κ2) is 8.13. The molecule has 1 heterocycles. The van der Waals surface area contributed by atoms with Crippen LogP contribution in [0.1, 0.15) is 44.0 Å². The lowest BCUT2D eigenvalue weighted by Crippen LogP contribution is -2.49. The zero-order valence-corrected chi connectivity index (χ0v) is 15.8. The molecule has 0 N–H and O–H groups in total. The van der Waals surface area contributed by atoms with Crippen LogP contribution in [0.15, 0.2) is 24.3 Å². The van der Waals surface area contributed by atoms with Gasteiger partial charge < -0.3 is 9.64 Å². The Kier molecular flexibility index (Phi) is 6.41. The topological polar surface area (TPSA) is 32.8 Å². The van der Waals surface area contributed by atoms with Gasteiger partial charge in [0.25, 0.3) is 0 Å². The number of hydrogen-bond donors (Lipinski definition) is 0. The molecule has 0 aliphatic carbocycles. The van der Waals surface area contributed by atoms with Gasteiger partial charge in [-0.3, -0.25) is 9.69 Å². The van der Waals surface area contributed by atoms with Crippen molar-refractivity contribution in [3.63, 3.8) is 0 Å². The summed E-state index contributed by atoms with van der Waals surface area (Å²) in [6.07, 6.45) is 1.97. The van der Waals surface area contributed by atoms with Crippen molar-refractivity contribution in [1.29, 1.82) is 0 Å². The van der Waals surface area contributed by atoms with Gasteiger partial charge in [0.1, 0.15) is 0 Å². The highest BCUT2D eigenvalue weighted by Gasteiger charge is 2.37. The predicted octanol–water partition coefficient (Wildman–Crippen LogP) is 3.46. The van der Waals surface area contributed by atoms with Crippen LogP contribution < -0.4 is 4.90 Å². The van der Waals surface area contributed by atoms with Crippen LogP contribution in [0.3, 0.4) is 0 Å². The Balaban J connectivity index is 2.17. The summed E-state index contributed by atoms with van der Waals surface area (Å²) in [7, 11) is 4.00. The number of hydrogen-bond acceptors (Lipinski definition) is 4. The molecule has 1 aromatic rings. The highest BCUT2D eigenvalue weighted by molar-refractivity contribution is 6.03. The highest BCUT2D eigenvalue weighted by Crippen LogP contribution is 2.28. The first kappa shape index (κ1) is 18.9. The molecular formula is C20H32N2O2. The average Bonchev–Trinajstić information content (AvgIpc) is 2.61. The van der Waals surface area contributed by atoms with Crippen LogP contribution in [0.25, 0.3) is 0 Å². The van der Waals surface area contributed by atoms with Crippen molar-refractivity contribution in [2.45, 2.75) is 39.2 Å². The van der Waals surface area contributed by atoms with Crippen LogP contribution in [0.2, 0.25) is 0 Å². The van der Waals surface area contributed by atoms with Gasteiger partial charge in [0.05, 0.1) is 18.8 Å². The van der Waals surface area contributed by atoms with E-state index < -0.39 is 5.54 Å². The maximum atomic E-state index is 13.2. The van der Waals surface area contributed by atoms with Crippen LogP contribution in [0.4, 0.5) is 5.69 Å². The second-order valence-corrected chi connectivity index (χ2v) is 7.36. The van der Waals surface area contributed by atoms with Crippen LogP contribution >= 0.6 is 0 Å². The molecule has 1 aliphatic rings. The maximum Gasteiger partial charge on any atom is 0.182 e. The first-order valence-electron chi connectivity index (χ1n) is 9.03. The molecule has 1 aliphatic heterocycles. The number of Topliss-reactive ketones (excluding diaryl/α,β-unsaturated/α-hetero) is 1. The fraction of sp³-hybridized carbons (Fsp3) is 0.650. The SMILES string of the molecule is CCC(C)CC(C)(C(=O)c1ccc(N2CCOCC2)cc1)N(C)C. The molecule has 0 saturated carbocycles. The molecule has 2 rings (SSSR count). The Morgan fingerprint density at radius 1 is 1.25 bits per heavy atom. The Morgan fingerprint density at radius 3 is 2.33 bits per heavy atom. The number of likely N-dealkylation sites (N-methyl/N-ethyl adjacent to an activating group) is 1. The predicted molar refractivity (Wildman–Crippen MR) is 100.0 cm³/mol. The van der Waals surface area contributed by atoms with E-state index in [4.69, 9.17) is 4.74 Å². The van der Waals surface area contributed by atoms with E-state index in [2.05, 4.69) is 42.7 Å². The fourth-order valence-corrected chi connectivity index (χ4v) is 3.26. The zero-order valence-electron chi connectivity index (χ0n) is 15.8. The minimum absolute atomic E-state index is 0.210. The van der Waals surface area contributed by atoms with Crippen molar-refractivity contribution in [1.82, 2.24) is 4.90 Å². The van der Waals surface area contributed by atoms with E-state index in [1.165, 1.54) is 5.69 Å². The summed E-state index contributed by atoms with van der Waals surface area (Å²) >= 11 is 0. The quantitative estimate of drug-likeness (QED) is 0.716. The normalized spacial score (nSPS) is 19.2. The molecule has 1 saturated heterocycles. The lowest BCUT2D eigenvalue weighted by Gasteiger charge is -2.37. The molecule has 24 heavy (non-hydrogen) atoms. The molecule has 1 fully saturated rings. The smallest absolute Gasteiger partial charge is 0.182 e. The zero-order chi connectivity index (χ0) is 17.7. The Bertz CT molecular complexity index is 535. The molecule has 4 nitrogen and oxygen atoms in total. The lowest BCUT2D eigenvalue weighted by atomic mass is 9.81. The highest BCUT2D eigenvalue weighted by atomic mass is 16.5. The third-order valence-electron chi connectivity index (χ3n) is 5.42. The molecule has 4 heteroatoms. The maximum absolute atomic E-state index is 13.2. The van der Waals surface area contributed by atoms with Crippen molar-refractivity contribution in [3.05, 3.63) is 29.8 Å². The molecule has 0 aromatic heterocycles. The Hall–Kier alpha value is -1.39. The number of carbonyl (C=O) groups excluding carboxylic acids is 1. The third kappa shape index (κ3) is 4.17. The van der Waals surface area contributed by atoms with Gasteiger partial charge >= 0.3 is 0 Å². The number of carbonyl (C=O) groups is 1. The standard InChI is InChI=1S/C20H32N2O2/c1-6-16(2)15-20(3,21(4)5)19(23)17-7-9-18(10-8-17)22-11-13-24-14-12-22/h7-10,16H,6,11-15H2,1-5H3. The van der Waals surface area contributed by atoms with Crippen LogP contribution in [0, 0.1) is 5.92 Å². The number of anilines is 1. The minimum atomic E-state index is -0.462. The number of morpholine rings is 1. The molecule has 1 aromatic carbocycles. The minimum Gasteiger partial charge on any atom is -0.378 e. The van der Waals surface area contributed by atoms with Gasteiger partial charge in [-0.2, -0.15) is 0 Å². The monoisotopic (exact) mass is 332 g/mol. The van der Waals surface area contributed by atoms with Crippen molar-refractivity contribution in [2.75, 3.05) is 45.3 Å². The van der Waals surface area contributed by atoms with E-state index in [-0.39, 0.29) is 5.78 Å². The van der Waals surface area contributed by atoms with Crippen molar-refractivity contribution < 1.29 is 9.53 Å². The molecular weight excluding hydrogens is 300 g/mol. The first-order chi connectivity index (χ1) is 11.4. The first-order valence-corrected chi connectivity index (χ1v) is 9.03. The van der Waals surface area contributed by atoms with Gasteiger partial charge in [-0.25, -0.2) is 0 Å². The summed E-state index contributed by atoms with van der Waals surface area (Å²) in [5, 5.41) is 0. The van der Waals surface area contributed by atoms with E-state index in [0.29, 0.717) is 5.92 Å². The summed E-state index contributed by atoms with van der Waals surface area (Å²) in [5.74, 6) is 0.732. The second-order valence-electron chi connectivity index (χ2n) is 7.36. The molecule has 0 spiro atoms. The molecule has 0 radical (unpaired) electrons. The summed E-state index contributed by atoms with van der Waals surface area (Å²) in [5.41, 5.74) is 1.51. The summed E-state index contributed by atoms with van der Waals surface area (Å²) < 4.78 is 5.40. The number of ketones is 1. The fourth-order valence-electron chi connectivity index (χ4n) is 3.26. The van der Waals surface area contributed by atoms with Crippen LogP contribution in [-0.4, -0.2) is 56.6 Å². The van der Waals surface area contributed by atoms with Crippen molar-refractivity contribution in [2.24, 2.45) is 5.92 Å². The Morgan fingerprint density at radius 2 is 1.83 bits per heavy atom. The average molecular weight is 332 g/mol. The van der Waals surface area contributed by atoms with Gasteiger partial charge in [0.2, 0.25) is 0 Å². The molecule has 0 bridgehead atoms. The summed E-state index contributed by atoms with van der Waals surface area (Å²) in [6, 6.07) is 8.09. The van der Waals surface area contributed by atoms with Crippen molar-refractivity contribution >= 4 is 11.5 Å². The number of ether oxygens (including phenoxy) is 1. The van der Waals surface area contributed by atoms with Gasteiger partial charge in [0, 0.05) is 24.3 Å². The Labute approximate surface area is 146 Å². The molecule has 0 amide bonds. The molecule has 2 atom stereocenters. The number of rotatable bonds is 7. The van der Waals surface area contributed by atoms with Gasteiger partial charge in [-0.1, -0.05) is 20.3 Å². The van der Waals surface area contributed by atoms with E-state index in [1.807, 2.05) is 26.2 Å². The van der Waals surface area contributed by atoms with E-state index in [9.17, 15) is 4.79 Å². The molecule has 134 valence electrons. The van der Waals surface area contributed by atoms with Crippen LogP contribution in [0.5, 0.6) is 0 Å². The number of benzene rings is 1. The van der Waals surface area contributed by atoms with E-state index in [1.54, 1.807) is 0 Å². The molecule has 2 unspecified atom stereocenters. The van der Waals surface area contributed by atoms with Crippen LogP contribution in [-0.2, 0) is 4.74 Å². The van der Waals surface area contributed by atoms with Gasteiger partial charge in [0.15, 0.2) is 5.78 Å².